The second-order valence-electron chi connectivity index (χ2n) is 7.97. The summed E-state index contributed by atoms with van der Waals surface area (Å²) in [5, 5.41) is 0. The van der Waals surface area contributed by atoms with Crippen molar-refractivity contribution >= 4 is 34.2 Å². The van der Waals surface area contributed by atoms with E-state index in [-0.39, 0.29) is 35.2 Å². The number of carbonyl (C=O) groups is 1. The minimum Gasteiger partial charge on any atom is -0.366 e. The largest absolute Gasteiger partial charge is 0.366 e. The molecular formula is C18H37O4P3. The fraction of sp³-hybridized carbons (Fsp3) is 0.833. The lowest BCUT2D eigenvalue weighted by atomic mass is 9.64. The van der Waals surface area contributed by atoms with Gasteiger partial charge in [-0.05, 0) is 18.8 Å². The highest BCUT2D eigenvalue weighted by Gasteiger charge is 2.47. The Morgan fingerprint density at radius 3 is 2.08 bits per heavy atom. The normalized spacial score (nSPS) is 17.6. The molecule has 7 unspecified atom stereocenters. The third-order valence-electron chi connectivity index (χ3n) is 5.55. The molecule has 0 saturated heterocycles. The van der Waals surface area contributed by atoms with Gasteiger partial charge >= 0.3 is 0 Å². The lowest BCUT2D eigenvalue weighted by Gasteiger charge is -2.44. The van der Waals surface area contributed by atoms with Crippen molar-refractivity contribution in [3.8, 4) is 0 Å². The van der Waals surface area contributed by atoms with Crippen LogP contribution in [0.3, 0.4) is 0 Å². The Morgan fingerprint density at radius 1 is 1.12 bits per heavy atom. The van der Waals surface area contributed by atoms with E-state index in [1.54, 1.807) is 0 Å². The molecule has 4 nitrogen and oxygen atoms in total. The number of Topliss-reactive ketones (excluding diaryl/α,β-unsaturated/α-hetero) is 1. The van der Waals surface area contributed by atoms with Crippen LogP contribution in [-0.4, -0.2) is 24.6 Å². The topological polar surface area (TPSA) is 44.8 Å². The molecule has 0 N–H and O–H groups in total. The Morgan fingerprint density at radius 2 is 1.68 bits per heavy atom. The molecule has 0 aliphatic rings. The predicted octanol–water partition coefficient (Wildman–Crippen LogP) is 5.00. The molecule has 25 heavy (non-hydrogen) atoms. The monoisotopic (exact) mass is 410 g/mol. The molecule has 0 saturated carbocycles. The van der Waals surface area contributed by atoms with Crippen molar-refractivity contribution in [2.45, 2.75) is 66.6 Å². The highest BCUT2D eigenvalue weighted by molar-refractivity contribution is 7.10. The van der Waals surface area contributed by atoms with Crippen molar-refractivity contribution in [1.29, 1.82) is 0 Å². The third kappa shape index (κ3) is 6.60. The van der Waals surface area contributed by atoms with Gasteiger partial charge in [0.15, 0.2) is 0 Å². The minimum absolute atomic E-state index is 0.0732. The summed E-state index contributed by atoms with van der Waals surface area (Å²) in [6.45, 7) is 16.6. The summed E-state index contributed by atoms with van der Waals surface area (Å²) in [5.74, 6) is 0.245. The first kappa shape index (κ1) is 25.6. The number of ketones is 1. The molecule has 0 fully saturated rings. The molecule has 0 heterocycles. The van der Waals surface area contributed by atoms with Crippen molar-refractivity contribution < 1.29 is 18.4 Å². The highest BCUT2D eigenvalue weighted by atomic mass is 31.0. The summed E-state index contributed by atoms with van der Waals surface area (Å²) in [4.78, 5) is 13.4. The van der Waals surface area contributed by atoms with Gasteiger partial charge in [-0.25, -0.2) is 0 Å². The first-order valence-corrected chi connectivity index (χ1v) is 10.1. The zero-order valence-corrected chi connectivity index (χ0v) is 20.0. The van der Waals surface area contributed by atoms with Crippen LogP contribution >= 0.6 is 28.4 Å². The number of hydrogen-bond acceptors (Lipinski definition) is 4. The summed E-state index contributed by atoms with van der Waals surface area (Å²) >= 11 is 0. The average Bonchev–Trinajstić information content (AvgIpc) is 2.54. The van der Waals surface area contributed by atoms with E-state index in [1.807, 2.05) is 26.8 Å². The van der Waals surface area contributed by atoms with Crippen molar-refractivity contribution in [3.63, 3.8) is 0 Å². The van der Waals surface area contributed by atoms with E-state index in [1.165, 1.54) is 0 Å². The maximum Gasteiger partial charge on any atom is 0.144 e. The van der Waals surface area contributed by atoms with Crippen molar-refractivity contribution in [2.75, 3.05) is 6.61 Å². The summed E-state index contributed by atoms with van der Waals surface area (Å²) in [5.41, 5.74) is -0.962. The first-order valence-electron chi connectivity index (χ1n) is 8.70. The Balaban J connectivity index is 5.47. The van der Waals surface area contributed by atoms with Crippen LogP contribution in [0.15, 0.2) is 12.7 Å². The van der Waals surface area contributed by atoms with Gasteiger partial charge in [0.2, 0.25) is 0 Å². The van der Waals surface area contributed by atoms with Crippen LogP contribution in [0.25, 0.3) is 0 Å². The van der Waals surface area contributed by atoms with E-state index in [4.69, 9.17) is 13.6 Å². The van der Waals surface area contributed by atoms with Gasteiger partial charge < -0.3 is 13.6 Å². The van der Waals surface area contributed by atoms with Crippen LogP contribution in [0.1, 0.15) is 54.4 Å². The predicted molar refractivity (Wildman–Crippen MR) is 115 cm³/mol. The van der Waals surface area contributed by atoms with E-state index in [9.17, 15) is 4.79 Å². The van der Waals surface area contributed by atoms with Crippen LogP contribution in [-0.2, 0) is 18.4 Å². The number of rotatable bonds is 13. The second-order valence-corrected chi connectivity index (χ2v) is 8.85. The molecule has 0 aromatic carbocycles. The smallest absolute Gasteiger partial charge is 0.144 e. The average molecular weight is 410 g/mol. The van der Waals surface area contributed by atoms with E-state index >= 15 is 0 Å². The number of allylic oxidation sites excluding steroid dienone is 1. The zero-order valence-electron chi connectivity index (χ0n) is 16.6. The van der Waals surface area contributed by atoms with Gasteiger partial charge in [-0.1, -0.05) is 47.6 Å². The maximum absolute atomic E-state index is 13.4. The molecular weight excluding hydrogens is 373 g/mol. The molecule has 7 heteroatoms. The lowest BCUT2D eigenvalue weighted by Crippen LogP contribution is -2.49. The van der Waals surface area contributed by atoms with Gasteiger partial charge in [-0.15, -0.1) is 6.58 Å². The van der Waals surface area contributed by atoms with Crippen LogP contribution in [0, 0.1) is 22.7 Å². The fourth-order valence-corrected chi connectivity index (χ4v) is 4.74. The summed E-state index contributed by atoms with van der Waals surface area (Å²) in [7, 11) is 6.89. The van der Waals surface area contributed by atoms with Crippen LogP contribution in [0.2, 0.25) is 0 Å². The zero-order chi connectivity index (χ0) is 19.8. The first-order chi connectivity index (χ1) is 11.5. The van der Waals surface area contributed by atoms with E-state index in [2.05, 4.69) is 55.8 Å². The minimum atomic E-state index is -0.630. The molecule has 0 amide bonds. The van der Waals surface area contributed by atoms with Crippen LogP contribution < -0.4 is 0 Å². The standard InChI is InChI=1S/C18H37O4P3/c1-8-9-12(2)16(22-25)17(4,5)13(3)15(19)18(6,7)14(21-24)10-11-20-23/h8,12-14,16H,1,9-11,23-25H2,2-7H3. The summed E-state index contributed by atoms with van der Waals surface area (Å²) in [6.07, 6.45) is 3.08. The van der Waals surface area contributed by atoms with Crippen LogP contribution in [0.5, 0.6) is 0 Å². The van der Waals surface area contributed by atoms with E-state index < -0.39 is 5.41 Å². The number of hydrogen-bond donors (Lipinski definition) is 0. The van der Waals surface area contributed by atoms with Gasteiger partial charge in [0, 0.05) is 39.7 Å². The molecule has 0 aromatic rings. The molecule has 148 valence electrons. The SMILES string of the molecule is C=CCC(C)C(OP)C(C)(C)C(C)C(=O)C(C)(C)C(CCOP)OP. The van der Waals surface area contributed by atoms with Crippen molar-refractivity contribution in [1.82, 2.24) is 0 Å². The number of carbonyl (C=O) groups excluding carboxylic acids is 1. The molecule has 7 atom stereocenters. The molecule has 0 bridgehead atoms. The summed E-state index contributed by atoms with van der Waals surface area (Å²) < 4.78 is 16.3. The van der Waals surface area contributed by atoms with Gasteiger partial charge in [-0.3, -0.25) is 4.79 Å². The van der Waals surface area contributed by atoms with Crippen LogP contribution in [0.4, 0.5) is 0 Å². The Hall–Kier alpha value is 0.580. The molecule has 0 aliphatic carbocycles. The van der Waals surface area contributed by atoms with Crippen molar-refractivity contribution in [2.24, 2.45) is 22.7 Å². The molecule has 0 radical (unpaired) electrons. The van der Waals surface area contributed by atoms with Gasteiger partial charge in [-0.2, -0.15) is 0 Å². The van der Waals surface area contributed by atoms with Crippen molar-refractivity contribution in [3.05, 3.63) is 12.7 Å². The molecule has 0 spiro atoms. The molecule has 0 rings (SSSR count). The van der Waals surface area contributed by atoms with Gasteiger partial charge in [0.1, 0.15) is 5.78 Å². The summed E-state index contributed by atoms with van der Waals surface area (Å²) in [6, 6.07) is 0. The maximum atomic E-state index is 13.4. The molecule has 0 aliphatic heterocycles. The quantitative estimate of drug-likeness (QED) is 0.317. The Bertz CT molecular complexity index is 427. The fourth-order valence-electron chi connectivity index (χ4n) is 3.50. The highest BCUT2D eigenvalue weighted by Crippen LogP contribution is 2.43. The van der Waals surface area contributed by atoms with E-state index in [0.29, 0.717) is 13.0 Å². The second kappa shape index (κ2) is 11.4. The third-order valence-corrected chi connectivity index (χ3v) is 6.40. The van der Waals surface area contributed by atoms with Gasteiger partial charge in [0.05, 0.1) is 24.2 Å². The lowest BCUT2D eigenvalue weighted by molar-refractivity contribution is -0.142. The Labute approximate surface area is 161 Å². The van der Waals surface area contributed by atoms with E-state index in [0.717, 1.165) is 6.42 Å². The Kier molecular flexibility index (Phi) is 11.7. The van der Waals surface area contributed by atoms with Gasteiger partial charge in [0.25, 0.3) is 0 Å². The molecule has 0 aromatic heterocycles.